The first-order valence-electron chi connectivity index (χ1n) is 5.33. The number of nitrogen functional groups attached to an aromatic ring is 1. The maximum absolute atomic E-state index is 11.0. The van der Waals surface area contributed by atoms with Crippen molar-refractivity contribution in [1.82, 2.24) is 5.32 Å². The maximum atomic E-state index is 11.0. The van der Waals surface area contributed by atoms with E-state index in [4.69, 9.17) is 10.5 Å². The van der Waals surface area contributed by atoms with Crippen LogP contribution < -0.4 is 15.8 Å². The van der Waals surface area contributed by atoms with Gasteiger partial charge in [-0.1, -0.05) is 12.1 Å². The highest BCUT2D eigenvalue weighted by Gasteiger charge is 2.04. The minimum absolute atomic E-state index is 0.0290. The van der Waals surface area contributed by atoms with Crippen molar-refractivity contribution in [3.05, 3.63) is 23.8 Å². The first-order valence-corrected chi connectivity index (χ1v) is 5.33. The third-order valence-corrected chi connectivity index (χ3v) is 2.32. The Morgan fingerprint density at radius 1 is 1.50 bits per heavy atom. The van der Waals surface area contributed by atoms with Crippen molar-refractivity contribution in [3.63, 3.8) is 0 Å². The molecule has 1 aromatic rings. The number of amides is 1. The molecule has 0 heterocycles. The Balaban J connectivity index is 2.40. The Morgan fingerprint density at radius 3 is 2.88 bits per heavy atom. The second-order valence-corrected chi connectivity index (χ2v) is 3.62. The number of rotatable bonds is 5. The van der Waals surface area contributed by atoms with Gasteiger partial charge in [-0.3, -0.25) is 4.79 Å². The van der Waals surface area contributed by atoms with Crippen LogP contribution in [0.3, 0.4) is 0 Å². The molecule has 1 rings (SSSR count). The summed E-state index contributed by atoms with van der Waals surface area (Å²) in [5, 5.41) is 2.57. The van der Waals surface area contributed by atoms with Crippen LogP contribution in [-0.4, -0.2) is 19.6 Å². The lowest BCUT2D eigenvalue weighted by atomic mass is 10.2. The summed E-state index contributed by atoms with van der Waals surface area (Å²) in [4.78, 5) is 11.0. The Labute approximate surface area is 95.8 Å². The summed E-state index contributed by atoms with van der Waals surface area (Å²) < 4.78 is 5.56. The Hall–Kier alpha value is -1.71. The van der Waals surface area contributed by atoms with Gasteiger partial charge in [0.25, 0.3) is 0 Å². The van der Waals surface area contributed by atoms with Gasteiger partial charge in [-0.05, 0) is 25.0 Å². The lowest BCUT2D eigenvalue weighted by Crippen LogP contribution is -2.18. The van der Waals surface area contributed by atoms with E-state index in [0.29, 0.717) is 25.1 Å². The zero-order chi connectivity index (χ0) is 12.0. The molecule has 88 valence electrons. The number of carbonyl (C=O) groups is 1. The van der Waals surface area contributed by atoms with Crippen molar-refractivity contribution in [2.24, 2.45) is 0 Å². The monoisotopic (exact) mass is 222 g/mol. The Kier molecular flexibility index (Phi) is 4.64. The van der Waals surface area contributed by atoms with E-state index in [9.17, 15) is 4.79 Å². The van der Waals surface area contributed by atoms with Crippen LogP contribution in [0.15, 0.2) is 18.2 Å². The van der Waals surface area contributed by atoms with Crippen molar-refractivity contribution in [2.45, 2.75) is 19.8 Å². The van der Waals surface area contributed by atoms with E-state index in [1.54, 1.807) is 13.1 Å². The summed E-state index contributed by atoms with van der Waals surface area (Å²) in [6.07, 6.45) is 1.16. The largest absolute Gasteiger partial charge is 0.491 e. The number of nitrogens with one attached hydrogen (secondary N) is 1. The molecule has 1 aromatic carbocycles. The van der Waals surface area contributed by atoms with Crippen molar-refractivity contribution >= 4 is 11.6 Å². The number of anilines is 1. The van der Waals surface area contributed by atoms with Crippen LogP contribution in [-0.2, 0) is 4.79 Å². The molecule has 0 bridgehead atoms. The fourth-order valence-corrected chi connectivity index (χ4v) is 1.40. The number of para-hydroxylation sites is 1. The van der Waals surface area contributed by atoms with Gasteiger partial charge in [0.1, 0.15) is 5.75 Å². The lowest BCUT2D eigenvalue weighted by molar-refractivity contribution is -0.120. The van der Waals surface area contributed by atoms with Crippen molar-refractivity contribution in [2.75, 3.05) is 19.4 Å². The van der Waals surface area contributed by atoms with Crippen molar-refractivity contribution in [1.29, 1.82) is 0 Å². The third-order valence-electron chi connectivity index (χ3n) is 2.32. The molecule has 0 radical (unpaired) electrons. The van der Waals surface area contributed by atoms with Crippen LogP contribution >= 0.6 is 0 Å². The highest BCUT2D eigenvalue weighted by atomic mass is 16.5. The van der Waals surface area contributed by atoms with Gasteiger partial charge in [0.05, 0.1) is 12.3 Å². The zero-order valence-electron chi connectivity index (χ0n) is 9.75. The van der Waals surface area contributed by atoms with Gasteiger partial charge in [0, 0.05) is 13.5 Å². The van der Waals surface area contributed by atoms with Gasteiger partial charge in [-0.15, -0.1) is 0 Å². The molecule has 0 fully saturated rings. The molecule has 0 saturated heterocycles. The molecule has 0 atom stereocenters. The fraction of sp³-hybridized carbons (Fsp3) is 0.417. The molecule has 0 saturated carbocycles. The quantitative estimate of drug-likeness (QED) is 0.586. The normalized spacial score (nSPS) is 9.88. The minimum atomic E-state index is 0.0290. The number of hydrogen-bond donors (Lipinski definition) is 2. The predicted octanol–water partition coefficient (Wildman–Crippen LogP) is 1.48. The number of benzene rings is 1. The second kappa shape index (κ2) is 6.00. The zero-order valence-corrected chi connectivity index (χ0v) is 9.75. The lowest BCUT2D eigenvalue weighted by Gasteiger charge is -2.11. The maximum Gasteiger partial charge on any atom is 0.219 e. The summed E-state index contributed by atoms with van der Waals surface area (Å²) in [5.41, 5.74) is 7.44. The van der Waals surface area contributed by atoms with Gasteiger partial charge < -0.3 is 15.8 Å². The molecule has 16 heavy (non-hydrogen) atoms. The third kappa shape index (κ3) is 3.46. The molecule has 0 aliphatic heterocycles. The van der Waals surface area contributed by atoms with Gasteiger partial charge in [0.2, 0.25) is 5.91 Å². The van der Waals surface area contributed by atoms with E-state index < -0.39 is 0 Å². The molecule has 0 aliphatic carbocycles. The molecular formula is C12H18N2O2. The number of nitrogens with two attached hydrogens (primary N) is 1. The summed E-state index contributed by atoms with van der Waals surface area (Å²) in [5.74, 6) is 0.751. The summed E-state index contributed by atoms with van der Waals surface area (Å²) in [6, 6.07) is 5.65. The Morgan fingerprint density at radius 2 is 2.25 bits per heavy atom. The number of hydrogen-bond acceptors (Lipinski definition) is 3. The first-order chi connectivity index (χ1) is 7.65. The van der Waals surface area contributed by atoms with Crippen molar-refractivity contribution in [3.8, 4) is 5.75 Å². The van der Waals surface area contributed by atoms with Crippen LogP contribution in [0.25, 0.3) is 0 Å². The summed E-state index contributed by atoms with van der Waals surface area (Å²) in [7, 11) is 1.63. The smallest absolute Gasteiger partial charge is 0.219 e. The van der Waals surface area contributed by atoms with E-state index in [-0.39, 0.29) is 5.91 Å². The SMILES string of the molecule is CNC(=O)CCCOc1c(C)cccc1N. The fourth-order valence-electron chi connectivity index (χ4n) is 1.40. The molecule has 1 amide bonds. The van der Waals surface area contributed by atoms with Gasteiger partial charge in [-0.2, -0.15) is 0 Å². The second-order valence-electron chi connectivity index (χ2n) is 3.62. The molecule has 0 unspecified atom stereocenters. The van der Waals surface area contributed by atoms with Crippen LogP contribution in [0.5, 0.6) is 5.75 Å². The average molecular weight is 222 g/mol. The van der Waals surface area contributed by atoms with Gasteiger partial charge in [-0.25, -0.2) is 0 Å². The van der Waals surface area contributed by atoms with Crippen molar-refractivity contribution < 1.29 is 9.53 Å². The average Bonchev–Trinajstić information content (AvgIpc) is 2.27. The molecule has 3 N–H and O–H groups in total. The van der Waals surface area contributed by atoms with E-state index in [1.165, 1.54) is 0 Å². The topological polar surface area (TPSA) is 64.3 Å². The predicted molar refractivity (Wildman–Crippen MR) is 64.4 cm³/mol. The van der Waals surface area contributed by atoms with Crippen LogP contribution in [0.2, 0.25) is 0 Å². The van der Waals surface area contributed by atoms with E-state index in [0.717, 1.165) is 11.3 Å². The molecule has 0 aliphatic rings. The first kappa shape index (κ1) is 12.4. The molecule has 4 nitrogen and oxygen atoms in total. The highest BCUT2D eigenvalue weighted by Crippen LogP contribution is 2.25. The number of carbonyl (C=O) groups excluding carboxylic acids is 1. The number of ether oxygens (including phenoxy) is 1. The van der Waals surface area contributed by atoms with Gasteiger partial charge >= 0.3 is 0 Å². The van der Waals surface area contributed by atoms with Crippen LogP contribution in [0.4, 0.5) is 5.69 Å². The summed E-state index contributed by atoms with van der Waals surface area (Å²) in [6.45, 7) is 2.45. The van der Waals surface area contributed by atoms with Crippen LogP contribution in [0, 0.1) is 6.92 Å². The van der Waals surface area contributed by atoms with Crippen LogP contribution in [0.1, 0.15) is 18.4 Å². The van der Waals surface area contributed by atoms with E-state index in [1.807, 2.05) is 19.1 Å². The molecule has 4 heteroatoms. The molecule has 0 spiro atoms. The van der Waals surface area contributed by atoms with Gasteiger partial charge in [0.15, 0.2) is 0 Å². The standard InChI is InChI=1S/C12H18N2O2/c1-9-5-3-6-10(13)12(9)16-8-4-7-11(15)14-2/h3,5-6H,4,7-8,13H2,1-2H3,(H,14,15). The molecule has 0 aromatic heterocycles. The molecular weight excluding hydrogens is 204 g/mol. The minimum Gasteiger partial charge on any atom is -0.491 e. The highest BCUT2D eigenvalue weighted by molar-refractivity contribution is 5.75. The van der Waals surface area contributed by atoms with E-state index in [2.05, 4.69) is 5.32 Å². The Bertz CT molecular complexity index is 344. The van der Waals surface area contributed by atoms with E-state index >= 15 is 0 Å². The number of aryl methyl sites for hydroxylation is 1. The summed E-state index contributed by atoms with van der Waals surface area (Å²) >= 11 is 0.